The van der Waals surface area contributed by atoms with E-state index < -0.39 is 6.04 Å². The molecule has 2 rings (SSSR count). The predicted molar refractivity (Wildman–Crippen MR) is 70.7 cm³/mol. The Morgan fingerprint density at radius 2 is 2.11 bits per heavy atom. The number of hydrogen-bond donors (Lipinski definition) is 2. The highest BCUT2D eigenvalue weighted by atomic mass is 16.2. The third kappa shape index (κ3) is 2.42. The molecule has 0 aliphatic carbocycles. The number of anilines is 2. The molecule has 1 saturated heterocycles. The molecule has 2 amide bonds. The van der Waals surface area contributed by atoms with Crippen LogP contribution >= 0.6 is 0 Å². The Bertz CT molecular complexity index is 568. The van der Waals surface area contributed by atoms with E-state index in [4.69, 9.17) is 5.73 Å². The molecule has 6 heteroatoms. The third-order valence-electron chi connectivity index (χ3n) is 3.16. The van der Waals surface area contributed by atoms with Crippen molar-refractivity contribution < 1.29 is 14.4 Å². The van der Waals surface area contributed by atoms with Gasteiger partial charge in [-0.2, -0.15) is 0 Å². The Morgan fingerprint density at radius 3 is 2.63 bits per heavy atom. The first-order chi connectivity index (χ1) is 8.90. The minimum absolute atomic E-state index is 0.120. The lowest BCUT2D eigenvalue weighted by atomic mass is 10.1. The summed E-state index contributed by atoms with van der Waals surface area (Å²) in [6.45, 7) is 1.42. The topological polar surface area (TPSA) is 92.5 Å². The van der Waals surface area contributed by atoms with Gasteiger partial charge in [-0.15, -0.1) is 0 Å². The summed E-state index contributed by atoms with van der Waals surface area (Å²) >= 11 is 0. The Hall–Kier alpha value is -2.37. The van der Waals surface area contributed by atoms with Crippen molar-refractivity contribution in [2.75, 3.05) is 18.1 Å². The predicted octanol–water partition coefficient (Wildman–Crippen LogP) is 0.641. The first kappa shape index (κ1) is 13.1. The maximum Gasteiger partial charge on any atom is 0.251 e. The second kappa shape index (κ2) is 4.72. The van der Waals surface area contributed by atoms with Gasteiger partial charge in [0.25, 0.3) is 5.91 Å². The fourth-order valence-corrected chi connectivity index (χ4v) is 2.02. The van der Waals surface area contributed by atoms with Crippen LogP contribution in [0.1, 0.15) is 23.7 Å². The van der Waals surface area contributed by atoms with Gasteiger partial charge in [-0.05, 0) is 25.1 Å². The van der Waals surface area contributed by atoms with Crippen molar-refractivity contribution in [2.24, 2.45) is 0 Å². The Kier molecular flexibility index (Phi) is 3.25. The number of likely N-dealkylation sites (N-methyl/N-ethyl adjacent to an activating group) is 1. The minimum atomic E-state index is -0.582. The number of Topliss-reactive ketones (excluding diaryl/α,β-unsaturated/α-hetero) is 1. The van der Waals surface area contributed by atoms with Crippen LogP contribution in [0.3, 0.4) is 0 Å². The van der Waals surface area contributed by atoms with E-state index in [9.17, 15) is 14.4 Å². The van der Waals surface area contributed by atoms with E-state index in [0.717, 1.165) is 4.90 Å². The lowest BCUT2D eigenvalue weighted by molar-refractivity contribution is -0.136. The number of ketones is 1. The summed E-state index contributed by atoms with van der Waals surface area (Å²) in [5.74, 6) is -0.636. The van der Waals surface area contributed by atoms with Crippen LogP contribution in [0.25, 0.3) is 0 Å². The minimum Gasteiger partial charge on any atom is -0.398 e. The van der Waals surface area contributed by atoms with Crippen LogP contribution in [0.15, 0.2) is 18.2 Å². The number of carbonyl (C=O) groups excluding carboxylic acids is 3. The quantitative estimate of drug-likeness (QED) is 0.473. The van der Waals surface area contributed by atoms with E-state index in [1.807, 2.05) is 0 Å². The zero-order valence-electron chi connectivity index (χ0n) is 10.8. The van der Waals surface area contributed by atoms with Gasteiger partial charge in [0.2, 0.25) is 5.91 Å². The van der Waals surface area contributed by atoms with Crippen LogP contribution in [-0.4, -0.2) is 35.6 Å². The van der Waals surface area contributed by atoms with Crippen LogP contribution in [0.2, 0.25) is 0 Å². The molecule has 3 N–H and O–H groups in total. The monoisotopic (exact) mass is 261 g/mol. The molecule has 1 aromatic carbocycles. The van der Waals surface area contributed by atoms with Crippen molar-refractivity contribution in [3.8, 4) is 0 Å². The lowest BCUT2D eigenvalue weighted by Crippen LogP contribution is -2.31. The number of benzene rings is 1. The molecule has 1 atom stereocenters. The van der Waals surface area contributed by atoms with Crippen LogP contribution < -0.4 is 11.1 Å². The maximum atomic E-state index is 11.8. The Morgan fingerprint density at radius 1 is 1.42 bits per heavy atom. The number of carbonyl (C=O) groups is 3. The third-order valence-corrected chi connectivity index (χ3v) is 3.16. The average molecular weight is 261 g/mol. The lowest BCUT2D eigenvalue weighted by Gasteiger charge is -2.13. The summed E-state index contributed by atoms with van der Waals surface area (Å²) in [5, 5.41) is 2.95. The molecule has 0 bridgehead atoms. The smallest absolute Gasteiger partial charge is 0.251 e. The SMILES string of the molecule is CC(=O)c1cc(NC2CC(=O)N(C)C2=O)ccc1N. The van der Waals surface area contributed by atoms with E-state index in [2.05, 4.69) is 5.32 Å². The summed E-state index contributed by atoms with van der Waals surface area (Å²) in [4.78, 5) is 35.6. The number of nitrogens with two attached hydrogens (primary N) is 1. The molecular formula is C13H15N3O3. The van der Waals surface area contributed by atoms with Crippen molar-refractivity contribution in [1.82, 2.24) is 4.90 Å². The summed E-state index contributed by atoms with van der Waals surface area (Å²) in [5.41, 5.74) is 7.08. The second-order valence-electron chi connectivity index (χ2n) is 4.55. The molecular weight excluding hydrogens is 246 g/mol. The van der Waals surface area contributed by atoms with Gasteiger partial charge in [0.1, 0.15) is 6.04 Å². The van der Waals surface area contributed by atoms with Crippen molar-refractivity contribution in [3.63, 3.8) is 0 Å². The van der Waals surface area contributed by atoms with Crippen molar-refractivity contribution in [2.45, 2.75) is 19.4 Å². The van der Waals surface area contributed by atoms with E-state index in [1.54, 1.807) is 18.2 Å². The number of hydrogen-bond acceptors (Lipinski definition) is 5. The summed E-state index contributed by atoms with van der Waals surface area (Å²) in [7, 11) is 1.45. The highest BCUT2D eigenvalue weighted by Gasteiger charge is 2.35. The van der Waals surface area contributed by atoms with Crippen LogP contribution in [-0.2, 0) is 9.59 Å². The summed E-state index contributed by atoms with van der Waals surface area (Å²) in [6, 6.07) is 4.29. The van der Waals surface area contributed by atoms with Gasteiger partial charge in [0, 0.05) is 24.0 Å². The van der Waals surface area contributed by atoms with Gasteiger partial charge in [0.05, 0.1) is 6.42 Å². The fourth-order valence-electron chi connectivity index (χ4n) is 2.02. The van der Waals surface area contributed by atoms with Gasteiger partial charge in [0.15, 0.2) is 5.78 Å². The Labute approximate surface area is 110 Å². The first-order valence-corrected chi connectivity index (χ1v) is 5.87. The van der Waals surface area contributed by atoms with Gasteiger partial charge in [-0.3, -0.25) is 19.3 Å². The van der Waals surface area contributed by atoms with Gasteiger partial charge in [-0.25, -0.2) is 0 Å². The van der Waals surface area contributed by atoms with E-state index in [1.165, 1.54) is 14.0 Å². The zero-order valence-corrected chi connectivity index (χ0v) is 10.8. The molecule has 1 fully saturated rings. The summed E-state index contributed by atoms with van der Waals surface area (Å²) in [6.07, 6.45) is 0.120. The molecule has 0 spiro atoms. The molecule has 1 aliphatic rings. The van der Waals surface area contributed by atoms with Crippen molar-refractivity contribution in [3.05, 3.63) is 23.8 Å². The molecule has 0 aromatic heterocycles. The number of nitrogens with zero attached hydrogens (tertiary/aromatic N) is 1. The van der Waals surface area contributed by atoms with Crippen LogP contribution in [0.4, 0.5) is 11.4 Å². The number of nitrogen functional groups attached to an aromatic ring is 1. The normalized spacial score (nSPS) is 18.8. The Balaban J connectivity index is 2.21. The van der Waals surface area contributed by atoms with E-state index in [-0.39, 0.29) is 24.0 Å². The molecule has 1 unspecified atom stereocenters. The highest BCUT2D eigenvalue weighted by Crippen LogP contribution is 2.21. The molecule has 0 saturated carbocycles. The average Bonchev–Trinajstić information content (AvgIpc) is 2.59. The fraction of sp³-hybridized carbons (Fsp3) is 0.308. The zero-order chi connectivity index (χ0) is 14.2. The molecule has 1 aromatic rings. The molecule has 19 heavy (non-hydrogen) atoms. The van der Waals surface area contributed by atoms with Gasteiger partial charge >= 0.3 is 0 Å². The molecule has 0 radical (unpaired) electrons. The standard InChI is InChI=1S/C13H15N3O3/c1-7(17)9-5-8(3-4-10(9)14)15-11-6-12(18)16(2)13(11)19/h3-5,11,15H,6,14H2,1-2H3. The van der Waals surface area contributed by atoms with Crippen molar-refractivity contribution >= 4 is 29.0 Å². The second-order valence-corrected chi connectivity index (χ2v) is 4.55. The molecule has 6 nitrogen and oxygen atoms in total. The van der Waals surface area contributed by atoms with Crippen molar-refractivity contribution in [1.29, 1.82) is 0 Å². The molecule has 100 valence electrons. The van der Waals surface area contributed by atoms with Crippen LogP contribution in [0, 0.1) is 0 Å². The first-order valence-electron chi connectivity index (χ1n) is 5.87. The number of amides is 2. The largest absolute Gasteiger partial charge is 0.398 e. The van der Waals surface area contributed by atoms with Crippen LogP contribution in [0.5, 0.6) is 0 Å². The molecule has 1 aliphatic heterocycles. The van der Waals surface area contributed by atoms with E-state index >= 15 is 0 Å². The van der Waals surface area contributed by atoms with Gasteiger partial charge in [-0.1, -0.05) is 0 Å². The number of nitrogens with one attached hydrogen (secondary N) is 1. The maximum absolute atomic E-state index is 11.8. The summed E-state index contributed by atoms with van der Waals surface area (Å²) < 4.78 is 0. The molecule has 1 heterocycles. The number of rotatable bonds is 3. The van der Waals surface area contributed by atoms with E-state index in [0.29, 0.717) is 16.9 Å². The number of likely N-dealkylation sites (tertiary alicyclic amines) is 1. The van der Waals surface area contributed by atoms with Gasteiger partial charge < -0.3 is 11.1 Å². The number of imide groups is 1. The highest BCUT2D eigenvalue weighted by molar-refractivity contribution is 6.06.